The van der Waals surface area contributed by atoms with Gasteiger partial charge < -0.3 is 19.4 Å². The van der Waals surface area contributed by atoms with Crippen molar-refractivity contribution in [3.05, 3.63) is 76.9 Å². The number of imidazole rings is 1. The molecule has 3 aromatic rings. The highest BCUT2D eigenvalue weighted by molar-refractivity contribution is 6.15. The Morgan fingerprint density at radius 2 is 1.86 bits per heavy atom. The molecule has 182 valence electrons. The lowest BCUT2D eigenvalue weighted by Crippen LogP contribution is -2.64. The van der Waals surface area contributed by atoms with Crippen LogP contribution in [0.5, 0.6) is 5.75 Å². The number of carbonyl (C=O) groups is 3. The van der Waals surface area contributed by atoms with Crippen molar-refractivity contribution in [3.63, 3.8) is 0 Å². The number of para-hydroxylation sites is 1. The van der Waals surface area contributed by atoms with Crippen LogP contribution >= 0.6 is 0 Å². The molecular formula is C26H28N4O5. The van der Waals surface area contributed by atoms with Crippen molar-refractivity contribution in [2.75, 3.05) is 19.1 Å². The maximum atomic E-state index is 13.9. The van der Waals surface area contributed by atoms with Crippen molar-refractivity contribution in [3.8, 4) is 5.75 Å². The van der Waals surface area contributed by atoms with Gasteiger partial charge in [0.1, 0.15) is 17.0 Å². The standard InChI is InChI=1S/C26H28N4O5/c1-16-9-8-11-19(17(16)2)30-23(31)22-21(24(32)35-5)28-15-29(22)14-26(30,3)25(33)27-13-18-10-6-7-12-20(18)34-4/h6-12,15H,13-14H2,1-5H3,(H,27,33)/t26-/m1/s1. The van der Waals surface area contributed by atoms with Gasteiger partial charge >= 0.3 is 5.97 Å². The third kappa shape index (κ3) is 4.03. The van der Waals surface area contributed by atoms with Crippen LogP contribution < -0.4 is 15.0 Å². The lowest BCUT2D eigenvalue weighted by Gasteiger charge is -2.44. The number of nitrogens with one attached hydrogen (secondary N) is 1. The average molecular weight is 477 g/mol. The number of anilines is 1. The number of methoxy groups -OCH3 is 2. The zero-order valence-corrected chi connectivity index (χ0v) is 20.4. The summed E-state index contributed by atoms with van der Waals surface area (Å²) >= 11 is 0. The van der Waals surface area contributed by atoms with E-state index in [1.807, 2.05) is 50.2 Å². The number of fused-ring (bicyclic) bond motifs is 1. The molecule has 1 aromatic heterocycles. The smallest absolute Gasteiger partial charge is 0.359 e. The molecule has 2 aromatic carbocycles. The molecule has 1 N–H and O–H groups in total. The molecule has 2 amide bonds. The van der Waals surface area contributed by atoms with Gasteiger partial charge in [-0.2, -0.15) is 0 Å². The largest absolute Gasteiger partial charge is 0.496 e. The average Bonchev–Trinajstić information content (AvgIpc) is 3.28. The second-order valence-electron chi connectivity index (χ2n) is 8.69. The Balaban J connectivity index is 1.79. The van der Waals surface area contributed by atoms with Crippen molar-refractivity contribution in [2.24, 2.45) is 0 Å². The molecule has 1 atom stereocenters. The van der Waals surface area contributed by atoms with Crippen LogP contribution in [-0.4, -0.2) is 47.1 Å². The first-order valence-corrected chi connectivity index (χ1v) is 11.2. The number of nitrogens with zero attached hydrogens (tertiary/aromatic N) is 3. The monoisotopic (exact) mass is 476 g/mol. The fourth-order valence-electron chi connectivity index (χ4n) is 4.45. The molecule has 0 saturated carbocycles. The molecular weight excluding hydrogens is 448 g/mol. The number of rotatable bonds is 6. The van der Waals surface area contributed by atoms with E-state index < -0.39 is 17.4 Å². The Bertz CT molecular complexity index is 1310. The van der Waals surface area contributed by atoms with Gasteiger partial charge in [-0.25, -0.2) is 9.78 Å². The van der Waals surface area contributed by atoms with Crippen LogP contribution in [0.3, 0.4) is 0 Å². The van der Waals surface area contributed by atoms with Gasteiger partial charge in [-0.1, -0.05) is 30.3 Å². The molecule has 0 spiro atoms. The minimum absolute atomic E-state index is 0.0794. The highest BCUT2D eigenvalue weighted by Crippen LogP contribution is 2.36. The first-order chi connectivity index (χ1) is 16.7. The molecule has 0 bridgehead atoms. The highest BCUT2D eigenvalue weighted by Gasteiger charge is 2.50. The number of ether oxygens (including phenoxy) is 2. The fourth-order valence-corrected chi connectivity index (χ4v) is 4.45. The number of aromatic nitrogens is 2. The molecule has 35 heavy (non-hydrogen) atoms. The Morgan fingerprint density at radius 3 is 2.57 bits per heavy atom. The van der Waals surface area contributed by atoms with Crippen LogP contribution in [0.15, 0.2) is 48.8 Å². The van der Waals surface area contributed by atoms with E-state index in [1.165, 1.54) is 18.3 Å². The number of carbonyl (C=O) groups excluding carboxylic acids is 3. The third-order valence-corrected chi connectivity index (χ3v) is 6.53. The number of aryl methyl sites for hydroxylation is 1. The topological polar surface area (TPSA) is 103 Å². The predicted octanol–water partition coefficient (Wildman–Crippen LogP) is 3.03. The number of amides is 2. The number of hydrogen-bond donors (Lipinski definition) is 1. The van der Waals surface area contributed by atoms with Gasteiger partial charge in [-0.15, -0.1) is 0 Å². The van der Waals surface area contributed by atoms with Crippen molar-refractivity contribution in [1.29, 1.82) is 0 Å². The quantitative estimate of drug-likeness (QED) is 0.549. The van der Waals surface area contributed by atoms with E-state index >= 15 is 0 Å². The number of benzene rings is 2. The van der Waals surface area contributed by atoms with Gasteiger partial charge in [0.05, 0.1) is 27.1 Å². The van der Waals surface area contributed by atoms with E-state index in [9.17, 15) is 14.4 Å². The first kappa shape index (κ1) is 24.0. The predicted molar refractivity (Wildman–Crippen MR) is 130 cm³/mol. The summed E-state index contributed by atoms with van der Waals surface area (Å²) in [6.07, 6.45) is 1.39. The summed E-state index contributed by atoms with van der Waals surface area (Å²) in [5.74, 6) is -0.907. The Kier molecular flexibility index (Phi) is 6.34. The van der Waals surface area contributed by atoms with Gasteiger partial charge in [0.15, 0.2) is 5.69 Å². The van der Waals surface area contributed by atoms with Gasteiger partial charge in [0.2, 0.25) is 5.91 Å². The summed E-state index contributed by atoms with van der Waals surface area (Å²) in [6, 6.07) is 13.0. The molecule has 1 aliphatic heterocycles. The molecule has 0 aliphatic carbocycles. The summed E-state index contributed by atoms with van der Waals surface area (Å²) < 4.78 is 11.8. The molecule has 4 rings (SSSR count). The number of hydrogen-bond acceptors (Lipinski definition) is 6. The van der Waals surface area contributed by atoms with Crippen molar-refractivity contribution < 1.29 is 23.9 Å². The Hall–Kier alpha value is -4.14. The maximum Gasteiger partial charge on any atom is 0.359 e. The summed E-state index contributed by atoms with van der Waals surface area (Å²) in [5.41, 5.74) is 1.93. The van der Waals surface area contributed by atoms with E-state index in [2.05, 4.69) is 10.3 Å². The van der Waals surface area contributed by atoms with Gasteiger partial charge in [-0.3, -0.25) is 14.5 Å². The summed E-state index contributed by atoms with van der Waals surface area (Å²) in [4.78, 5) is 45.6. The van der Waals surface area contributed by atoms with Gasteiger partial charge in [0.25, 0.3) is 5.91 Å². The summed E-state index contributed by atoms with van der Waals surface area (Å²) in [6.45, 7) is 5.88. The van der Waals surface area contributed by atoms with Crippen LogP contribution in [0.4, 0.5) is 5.69 Å². The second-order valence-corrected chi connectivity index (χ2v) is 8.69. The van der Waals surface area contributed by atoms with Crippen LogP contribution in [0.1, 0.15) is 44.6 Å². The van der Waals surface area contributed by atoms with E-state index in [1.54, 1.807) is 24.7 Å². The van der Waals surface area contributed by atoms with Crippen LogP contribution in [0, 0.1) is 13.8 Å². The molecule has 9 nitrogen and oxygen atoms in total. The van der Waals surface area contributed by atoms with Crippen molar-refractivity contribution >= 4 is 23.5 Å². The van der Waals surface area contributed by atoms with E-state index in [0.717, 1.165) is 16.7 Å². The van der Waals surface area contributed by atoms with Crippen molar-refractivity contribution in [1.82, 2.24) is 14.9 Å². The molecule has 0 saturated heterocycles. The first-order valence-electron chi connectivity index (χ1n) is 11.2. The molecule has 9 heteroatoms. The Labute approximate surface area is 203 Å². The van der Waals surface area contributed by atoms with Gasteiger partial charge in [-0.05, 0) is 44.0 Å². The minimum Gasteiger partial charge on any atom is -0.496 e. The SMILES string of the molecule is COC(=O)c1ncn2c1C(=O)N(c1cccc(C)c1C)[C@@](C)(C(=O)NCc1ccccc1OC)C2. The van der Waals surface area contributed by atoms with Gasteiger partial charge in [0, 0.05) is 17.8 Å². The van der Waals surface area contributed by atoms with Crippen molar-refractivity contribution in [2.45, 2.75) is 39.4 Å². The van der Waals surface area contributed by atoms with Crippen LogP contribution in [0.25, 0.3) is 0 Å². The third-order valence-electron chi connectivity index (χ3n) is 6.53. The zero-order valence-electron chi connectivity index (χ0n) is 20.4. The summed E-state index contributed by atoms with van der Waals surface area (Å²) in [5, 5.41) is 2.97. The zero-order chi connectivity index (χ0) is 25.3. The minimum atomic E-state index is -1.31. The molecule has 0 radical (unpaired) electrons. The van der Waals surface area contributed by atoms with E-state index in [4.69, 9.17) is 9.47 Å². The normalized spacial score (nSPS) is 17.1. The lowest BCUT2D eigenvalue weighted by atomic mass is 9.91. The molecule has 0 fully saturated rings. The fraction of sp³-hybridized carbons (Fsp3) is 0.308. The molecule has 2 heterocycles. The molecule has 0 unspecified atom stereocenters. The highest BCUT2D eigenvalue weighted by atomic mass is 16.5. The number of esters is 1. The maximum absolute atomic E-state index is 13.9. The Morgan fingerprint density at radius 1 is 1.11 bits per heavy atom. The van der Waals surface area contributed by atoms with Crippen LogP contribution in [0.2, 0.25) is 0 Å². The molecule has 1 aliphatic rings. The lowest BCUT2D eigenvalue weighted by molar-refractivity contribution is -0.126. The summed E-state index contributed by atoms with van der Waals surface area (Å²) in [7, 11) is 2.81. The van der Waals surface area contributed by atoms with E-state index in [0.29, 0.717) is 11.4 Å². The van der Waals surface area contributed by atoms with Crippen LogP contribution in [-0.2, 0) is 22.6 Å². The van der Waals surface area contributed by atoms with E-state index in [-0.39, 0.29) is 30.4 Å². The second kappa shape index (κ2) is 9.25.